The number of aryl methyl sites for hydroxylation is 1. The zero-order valence-corrected chi connectivity index (χ0v) is 20.9. The van der Waals surface area contributed by atoms with Gasteiger partial charge in [-0.3, -0.25) is 0 Å². The molecule has 0 saturated heterocycles. The van der Waals surface area contributed by atoms with Crippen molar-refractivity contribution in [1.29, 1.82) is 0 Å². The maximum atomic E-state index is 10.3. The number of hydrogen-bond acceptors (Lipinski definition) is 2. The Balaban J connectivity index is 2.18. The molecule has 0 radical (unpaired) electrons. The lowest BCUT2D eigenvalue weighted by Crippen LogP contribution is -2.12. The minimum absolute atomic E-state index is 0.0461. The van der Waals surface area contributed by atoms with Gasteiger partial charge in [-0.2, -0.15) is 12.6 Å². The normalized spacial score (nSPS) is 13.0. The molecule has 0 saturated carbocycles. The van der Waals surface area contributed by atoms with Gasteiger partial charge in [-0.25, -0.2) is 0 Å². The van der Waals surface area contributed by atoms with Crippen LogP contribution in [0.15, 0.2) is 12.1 Å². The quantitative estimate of drug-likeness (QED) is 0.214. The second kappa shape index (κ2) is 14.4. The van der Waals surface area contributed by atoms with Crippen LogP contribution in [0.25, 0.3) is 0 Å². The van der Waals surface area contributed by atoms with E-state index >= 15 is 0 Å². The van der Waals surface area contributed by atoms with E-state index in [-0.39, 0.29) is 10.7 Å². The molecule has 1 unspecified atom stereocenters. The zero-order valence-electron chi connectivity index (χ0n) is 20.0. The molecule has 168 valence electrons. The first-order valence-corrected chi connectivity index (χ1v) is 12.8. The topological polar surface area (TPSA) is 20.2 Å². The second-order valence-corrected chi connectivity index (χ2v) is 10.6. The number of phenolic OH excluding ortho intramolecular Hbond substituents is 1. The summed E-state index contributed by atoms with van der Waals surface area (Å²) in [5, 5.41) is 10.6. The SMILES string of the molecule is CCCCCCCCCCCCCCCC(S)c1cc(C(C)(C)C)c(O)cc1C. The molecule has 0 heterocycles. The van der Waals surface area contributed by atoms with Crippen molar-refractivity contribution < 1.29 is 5.11 Å². The molecular weight excluding hydrogens is 372 g/mol. The Hall–Kier alpha value is -0.630. The Morgan fingerprint density at radius 3 is 1.69 bits per heavy atom. The molecule has 0 amide bonds. The van der Waals surface area contributed by atoms with Crippen LogP contribution in [0, 0.1) is 6.92 Å². The highest BCUT2D eigenvalue weighted by Gasteiger charge is 2.21. The lowest BCUT2D eigenvalue weighted by Gasteiger charge is -2.24. The molecule has 2 heteroatoms. The Morgan fingerprint density at radius 1 is 0.793 bits per heavy atom. The van der Waals surface area contributed by atoms with Crippen molar-refractivity contribution >= 4 is 12.6 Å². The van der Waals surface area contributed by atoms with Crippen molar-refractivity contribution in [1.82, 2.24) is 0 Å². The summed E-state index contributed by atoms with van der Waals surface area (Å²) < 4.78 is 0. The Labute approximate surface area is 187 Å². The summed E-state index contributed by atoms with van der Waals surface area (Å²) >= 11 is 4.90. The van der Waals surface area contributed by atoms with Crippen molar-refractivity contribution in [3.05, 3.63) is 28.8 Å². The molecule has 1 rings (SSSR count). The van der Waals surface area contributed by atoms with Gasteiger partial charge in [-0.15, -0.1) is 0 Å². The van der Waals surface area contributed by atoms with Crippen LogP contribution in [-0.2, 0) is 5.41 Å². The third-order valence-corrected chi connectivity index (χ3v) is 6.67. The standard InChI is InChI=1S/C27H48OS/c1-6-7-8-9-10-11-12-13-14-15-16-17-18-19-26(29)23-21-24(27(3,4)5)25(28)20-22(23)2/h20-21,26,28-29H,6-19H2,1-5H3. The molecule has 1 N–H and O–H groups in total. The third-order valence-electron chi connectivity index (χ3n) is 6.13. The van der Waals surface area contributed by atoms with Gasteiger partial charge < -0.3 is 5.11 Å². The van der Waals surface area contributed by atoms with Gasteiger partial charge in [0.1, 0.15) is 5.75 Å². The zero-order chi connectivity index (χ0) is 21.7. The van der Waals surface area contributed by atoms with Crippen molar-refractivity contribution in [2.24, 2.45) is 0 Å². The Bertz CT molecular complexity index is 558. The molecule has 0 aliphatic heterocycles. The number of phenols is 1. The number of hydrogen-bond donors (Lipinski definition) is 2. The monoisotopic (exact) mass is 420 g/mol. The van der Waals surface area contributed by atoms with E-state index < -0.39 is 0 Å². The molecule has 0 fully saturated rings. The van der Waals surface area contributed by atoms with E-state index in [2.05, 4.69) is 40.7 Å². The summed E-state index contributed by atoms with van der Waals surface area (Å²) in [5.41, 5.74) is 3.43. The summed E-state index contributed by atoms with van der Waals surface area (Å²) in [6.07, 6.45) is 19.2. The number of benzene rings is 1. The summed E-state index contributed by atoms with van der Waals surface area (Å²) in [6.45, 7) is 10.8. The smallest absolute Gasteiger partial charge is 0.119 e. The summed E-state index contributed by atoms with van der Waals surface area (Å²) in [7, 11) is 0. The highest BCUT2D eigenvalue weighted by atomic mass is 32.1. The van der Waals surface area contributed by atoms with Gasteiger partial charge in [0, 0.05) is 5.25 Å². The van der Waals surface area contributed by atoms with Gasteiger partial charge in [0.15, 0.2) is 0 Å². The molecule has 1 nitrogen and oxygen atoms in total. The summed E-state index contributed by atoms with van der Waals surface area (Å²) in [6, 6.07) is 4.10. The highest BCUT2D eigenvalue weighted by Crippen LogP contribution is 2.37. The van der Waals surface area contributed by atoms with Crippen LogP contribution >= 0.6 is 12.6 Å². The fourth-order valence-electron chi connectivity index (χ4n) is 4.18. The first-order chi connectivity index (χ1) is 13.8. The Morgan fingerprint density at radius 2 is 1.24 bits per heavy atom. The lowest BCUT2D eigenvalue weighted by atomic mass is 9.83. The van der Waals surface area contributed by atoms with Gasteiger partial charge in [-0.1, -0.05) is 117 Å². The molecular formula is C27H48OS. The molecule has 1 aromatic carbocycles. The Kier molecular flexibility index (Phi) is 13.1. The van der Waals surface area contributed by atoms with Crippen LogP contribution < -0.4 is 0 Å². The first kappa shape index (κ1) is 26.4. The first-order valence-electron chi connectivity index (χ1n) is 12.3. The third kappa shape index (κ3) is 10.8. The molecule has 1 aromatic rings. The van der Waals surface area contributed by atoms with E-state index in [1.807, 2.05) is 6.07 Å². The highest BCUT2D eigenvalue weighted by molar-refractivity contribution is 7.80. The second-order valence-electron chi connectivity index (χ2n) is 10.0. The number of thiol groups is 1. The predicted octanol–water partition coefficient (Wildman–Crippen LogP) is 9.45. The maximum absolute atomic E-state index is 10.3. The average molecular weight is 421 g/mol. The van der Waals surface area contributed by atoms with Crippen LogP contribution in [0.3, 0.4) is 0 Å². The van der Waals surface area contributed by atoms with E-state index in [0.29, 0.717) is 5.75 Å². The molecule has 0 bridgehead atoms. The molecule has 0 aromatic heterocycles. The van der Waals surface area contributed by atoms with Crippen LogP contribution in [0.1, 0.15) is 140 Å². The summed E-state index contributed by atoms with van der Waals surface area (Å²) in [5.74, 6) is 0.417. The van der Waals surface area contributed by atoms with Crippen molar-refractivity contribution in [2.45, 2.75) is 135 Å². The van der Waals surface area contributed by atoms with E-state index in [4.69, 9.17) is 12.6 Å². The van der Waals surface area contributed by atoms with Gasteiger partial charge >= 0.3 is 0 Å². The molecule has 1 atom stereocenters. The number of unbranched alkanes of at least 4 members (excludes halogenated alkanes) is 12. The largest absolute Gasteiger partial charge is 0.508 e. The minimum Gasteiger partial charge on any atom is -0.508 e. The van der Waals surface area contributed by atoms with E-state index in [0.717, 1.165) is 17.5 Å². The van der Waals surface area contributed by atoms with E-state index in [1.54, 1.807) is 0 Å². The molecule has 0 spiro atoms. The van der Waals surface area contributed by atoms with E-state index in [9.17, 15) is 5.11 Å². The van der Waals surface area contributed by atoms with Crippen molar-refractivity contribution in [3.63, 3.8) is 0 Å². The predicted molar refractivity (Wildman–Crippen MR) is 134 cm³/mol. The van der Waals surface area contributed by atoms with Crippen LogP contribution in [0.4, 0.5) is 0 Å². The number of rotatable bonds is 15. The van der Waals surface area contributed by atoms with Crippen LogP contribution in [0.5, 0.6) is 5.75 Å². The van der Waals surface area contributed by atoms with Gasteiger partial charge in [0.05, 0.1) is 0 Å². The molecule has 0 aliphatic rings. The van der Waals surface area contributed by atoms with Gasteiger partial charge in [0.25, 0.3) is 0 Å². The molecule has 0 aliphatic carbocycles. The van der Waals surface area contributed by atoms with Gasteiger partial charge in [-0.05, 0) is 41.5 Å². The number of aromatic hydroxyl groups is 1. The lowest BCUT2D eigenvalue weighted by molar-refractivity contribution is 0.445. The van der Waals surface area contributed by atoms with E-state index in [1.165, 1.54) is 89.0 Å². The maximum Gasteiger partial charge on any atom is 0.119 e. The molecule has 29 heavy (non-hydrogen) atoms. The van der Waals surface area contributed by atoms with Crippen molar-refractivity contribution in [3.8, 4) is 5.75 Å². The summed E-state index contributed by atoms with van der Waals surface area (Å²) in [4.78, 5) is 0. The van der Waals surface area contributed by atoms with Crippen LogP contribution in [-0.4, -0.2) is 5.11 Å². The fourth-order valence-corrected chi connectivity index (χ4v) is 4.64. The van der Waals surface area contributed by atoms with Crippen molar-refractivity contribution in [2.75, 3.05) is 0 Å². The fraction of sp³-hybridized carbons (Fsp3) is 0.778. The van der Waals surface area contributed by atoms with Crippen LogP contribution in [0.2, 0.25) is 0 Å². The van der Waals surface area contributed by atoms with Gasteiger partial charge in [0.2, 0.25) is 0 Å². The minimum atomic E-state index is -0.0461. The average Bonchev–Trinajstić information content (AvgIpc) is 2.64.